The summed E-state index contributed by atoms with van der Waals surface area (Å²) < 4.78 is 2.45. The van der Waals surface area contributed by atoms with Gasteiger partial charge in [0.1, 0.15) is 5.82 Å². The zero-order valence-corrected chi connectivity index (χ0v) is 13.7. The van der Waals surface area contributed by atoms with E-state index in [0.29, 0.717) is 17.9 Å². The van der Waals surface area contributed by atoms with Crippen molar-refractivity contribution >= 4 is 11.0 Å². The van der Waals surface area contributed by atoms with Gasteiger partial charge >= 0.3 is 0 Å². The molecule has 21 heavy (non-hydrogen) atoms. The minimum absolute atomic E-state index is 0.463. The Hall–Kier alpha value is -1.35. The lowest BCUT2D eigenvalue weighted by molar-refractivity contribution is 0.423. The first-order chi connectivity index (χ1) is 10.1. The number of fused-ring (bicyclic) bond motifs is 1. The molecule has 1 aromatic carbocycles. The van der Waals surface area contributed by atoms with Gasteiger partial charge in [-0.2, -0.15) is 0 Å². The lowest BCUT2D eigenvalue weighted by Gasteiger charge is -2.24. The first kappa shape index (κ1) is 14.6. The fourth-order valence-electron chi connectivity index (χ4n) is 3.40. The van der Waals surface area contributed by atoms with Crippen molar-refractivity contribution < 1.29 is 0 Å². The molecule has 1 aliphatic rings. The minimum Gasteiger partial charge on any atom is -0.325 e. The van der Waals surface area contributed by atoms with Crippen LogP contribution >= 0.6 is 0 Å². The Bertz CT molecular complexity index is 619. The first-order valence-corrected chi connectivity index (χ1v) is 8.30. The molecule has 0 bridgehead atoms. The fraction of sp³-hybridized carbons (Fsp3) is 0.611. The van der Waals surface area contributed by atoms with Gasteiger partial charge in [-0.15, -0.1) is 0 Å². The number of nitrogens with zero attached hydrogens (tertiary/aromatic N) is 2. The molecule has 3 rings (SSSR count). The maximum Gasteiger partial charge on any atom is 0.113 e. The predicted octanol–water partition coefficient (Wildman–Crippen LogP) is 4.21. The predicted molar refractivity (Wildman–Crippen MR) is 89.1 cm³/mol. The second kappa shape index (κ2) is 5.80. The zero-order chi connectivity index (χ0) is 15.0. The van der Waals surface area contributed by atoms with Gasteiger partial charge in [0, 0.05) is 12.0 Å². The Morgan fingerprint density at radius 2 is 1.86 bits per heavy atom. The molecule has 0 atom stereocenters. The molecule has 3 heteroatoms. The number of aromatic nitrogens is 2. The van der Waals surface area contributed by atoms with Gasteiger partial charge in [-0.25, -0.2) is 4.98 Å². The molecule has 1 aromatic heterocycles. The van der Waals surface area contributed by atoms with E-state index in [4.69, 9.17) is 4.98 Å². The van der Waals surface area contributed by atoms with Gasteiger partial charge in [-0.3, -0.25) is 0 Å². The van der Waals surface area contributed by atoms with Gasteiger partial charge in [0.15, 0.2) is 0 Å². The summed E-state index contributed by atoms with van der Waals surface area (Å²) >= 11 is 0. The average molecular weight is 285 g/mol. The van der Waals surface area contributed by atoms with Crippen LogP contribution in [-0.4, -0.2) is 22.6 Å². The van der Waals surface area contributed by atoms with E-state index in [1.807, 2.05) is 0 Å². The summed E-state index contributed by atoms with van der Waals surface area (Å²) in [6.07, 6.45) is 2.40. The molecule has 2 heterocycles. The van der Waals surface area contributed by atoms with E-state index in [9.17, 15) is 0 Å². The Morgan fingerprint density at radius 1 is 1.14 bits per heavy atom. The van der Waals surface area contributed by atoms with Crippen LogP contribution in [0.2, 0.25) is 0 Å². The minimum atomic E-state index is 0.463. The van der Waals surface area contributed by atoms with Crippen molar-refractivity contribution in [2.75, 3.05) is 13.1 Å². The van der Waals surface area contributed by atoms with E-state index in [1.54, 1.807) is 0 Å². The van der Waals surface area contributed by atoms with Crippen LogP contribution in [0.25, 0.3) is 11.0 Å². The number of hydrogen-bond donors (Lipinski definition) is 1. The molecule has 0 unspecified atom stereocenters. The van der Waals surface area contributed by atoms with Crippen LogP contribution in [0.3, 0.4) is 0 Å². The number of benzene rings is 1. The topological polar surface area (TPSA) is 29.9 Å². The second-order valence-corrected chi connectivity index (χ2v) is 6.86. The van der Waals surface area contributed by atoms with Crippen LogP contribution in [-0.2, 0) is 0 Å². The van der Waals surface area contributed by atoms with E-state index in [0.717, 1.165) is 13.1 Å². The maximum absolute atomic E-state index is 5.04. The Labute approximate surface area is 127 Å². The highest BCUT2D eigenvalue weighted by atomic mass is 15.1. The number of rotatable bonds is 3. The number of nitrogens with one attached hydrogen (secondary N) is 1. The normalized spacial score (nSPS) is 17.2. The van der Waals surface area contributed by atoms with Crippen LogP contribution in [0.15, 0.2) is 18.2 Å². The largest absolute Gasteiger partial charge is 0.325 e. The molecular formula is C18H27N3. The van der Waals surface area contributed by atoms with Crippen molar-refractivity contribution in [3.05, 3.63) is 29.6 Å². The molecule has 3 nitrogen and oxygen atoms in total. The van der Waals surface area contributed by atoms with Gasteiger partial charge in [0.25, 0.3) is 0 Å². The highest BCUT2D eigenvalue weighted by Gasteiger charge is 2.23. The Morgan fingerprint density at radius 3 is 2.48 bits per heavy atom. The molecule has 1 fully saturated rings. The molecule has 0 spiro atoms. The van der Waals surface area contributed by atoms with E-state index < -0.39 is 0 Å². The summed E-state index contributed by atoms with van der Waals surface area (Å²) in [6.45, 7) is 11.2. The Kier molecular flexibility index (Phi) is 4.03. The number of hydrogen-bond acceptors (Lipinski definition) is 2. The molecule has 0 amide bonds. The molecule has 1 N–H and O–H groups in total. The highest BCUT2D eigenvalue weighted by Crippen LogP contribution is 2.32. The van der Waals surface area contributed by atoms with Crippen LogP contribution in [0.4, 0.5) is 0 Å². The van der Waals surface area contributed by atoms with Gasteiger partial charge in [-0.05, 0) is 63.4 Å². The molecule has 0 radical (unpaired) electrons. The fourth-order valence-corrected chi connectivity index (χ4v) is 3.40. The molecule has 2 aromatic rings. The Balaban J connectivity index is 2.11. The van der Waals surface area contributed by atoms with E-state index in [2.05, 4.69) is 55.8 Å². The quantitative estimate of drug-likeness (QED) is 0.915. The lowest BCUT2D eigenvalue weighted by Crippen LogP contribution is -2.28. The highest BCUT2D eigenvalue weighted by molar-refractivity contribution is 5.77. The smallest absolute Gasteiger partial charge is 0.113 e. The van der Waals surface area contributed by atoms with Crippen LogP contribution < -0.4 is 5.32 Å². The zero-order valence-electron chi connectivity index (χ0n) is 13.7. The lowest BCUT2D eigenvalue weighted by atomic mass is 9.97. The van der Waals surface area contributed by atoms with Crippen molar-refractivity contribution in [1.82, 2.24) is 14.9 Å². The van der Waals surface area contributed by atoms with Crippen LogP contribution in [0, 0.1) is 0 Å². The van der Waals surface area contributed by atoms with Crippen molar-refractivity contribution in [2.45, 2.75) is 58.4 Å². The van der Waals surface area contributed by atoms with Gasteiger partial charge in [0.2, 0.25) is 0 Å². The maximum atomic E-state index is 5.04. The van der Waals surface area contributed by atoms with Crippen molar-refractivity contribution in [2.24, 2.45) is 0 Å². The van der Waals surface area contributed by atoms with Crippen molar-refractivity contribution in [3.63, 3.8) is 0 Å². The summed E-state index contributed by atoms with van der Waals surface area (Å²) in [5.74, 6) is 2.45. The van der Waals surface area contributed by atoms with Crippen LogP contribution in [0.5, 0.6) is 0 Å². The van der Waals surface area contributed by atoms with Gasteiger partial charge in [0.05, 0.1) is 11.0 Å². The molecular weight excluding hydrogens is 258 g/mol. The summed E-state index contributed by atoms with van der Waals surface area (Å²) in [4.78, 5) is 5.04. The summed E-state index contributed by atoms with van der Waals surface area (Å²) in [7, 11) is 0. The van der Waals surface area contributed by atoms with Crippen molar-refractivity contribution in [3.8, 4) is 0 Å². The third kappa shape index (κ3) is 2.71. The number of piperidine rings is 1. The second-order valence-electron chi connectivity index (χ2n) is 6.86. The molecule has 0 saturated carbocycles. The van der Waals surface area contributed by atoms with E-state index in [1.165, 1.54) is 35.3 Å². The summed E-state index contributed by atoms with van der Waals surface area (Å²) in [5, 5.41) is 3.45. The van der Waals surface area contributed by atoms with Gasteiger partial charge < -0.3 is 9.88 Å². The van der Waals surface area contributed by atoms with Gasteiger partial charge in [-0.1, -0.05) is 19.9 Å². The summed E-state index contributed by atoms with van der Waals surface area (Å²) in [6, 6.07) is 7.27. The number of imidazole rings is 1. The van der Waals surface area contributed by atoms with Crippen LogP contribution in [0.1, 0.15) is 69.8 Å². The molecule has 114 valence electrons. The van der Waals surface area contributed by atoms with E-state index >= 15 is 0 Å². The monoisotopic (exact) mass is 285 g/mol. The molecule has 1 saturated heterocycles. The average Bonchev–Trinajstić information content (AvgIpc) is 2.86. The standard InChI is InChI=1S/C18H27N3/c1-12(2)15-5-6-17-16(11-15)20-18(21(17)13(3)4)14-7-9-19-10-8-14/h5-6,11-14,19H,7-10H2,1-4H3. The third-order valence-electron chi connectivity index (χ3n) is 4.63. The third-order valence-corrected chi connectivity index (χ3v) is 4.63. The van der Waals surface area contributed by atoms with Crippen molar-refractivity contribution in [1.29, 1.82) is 0 Å². The molecule has 1 aliphatic heterocycles. The SMILES string of the molecule is CC(C)c1ccc2c(c1)nc(C1CCNCC1)n2C(C)C. The van der Waals surface area contributed by atoms with E-state index in [-0.39, 0.29) is 0 Å². The molecule has 0 aliphatic carbocycles. The summed E-state index contributed by atoms with van der Waals surface area (Å²) in [5.41, 5.74) is 3.85. The first-order valence-electron chi connectivity index (χ1n) is 8.30.